The first kappa shape index (κ1) is 14.7. The molecule has 4 aromatic carbocycles. The molecule has 0 amide bonds. The Labute approximate surface area is 143 Å². The van der Waals surface area contributed by atoms with E-state index >= 15 is 0 Å². The molecule has 0 atom stereocenters. The molecule has 0 heteroatoms. The van der Waals surface area contributed by atoms with Crippen LogP contribution in [0.3, 0.4) is 0 Å². The molecule has 0 spiro atoms. The molecule has 0 heterocycles. The minimum absolute atomic E-state index is 1.27. The summed E-state index contributed by atoms with van der Waals surface area (Å²) in [5.74, 6) is 0. The summed E-state index contributed by atoms with van der Waals surface area (Å²) in [5, 5.41) is 2.63. The van der Waals surface area contributed by atoms with E-state index in [1.165, 1.54) is 44.2 Å². The van der Waals surface area contributed by atoms with Crippen molar-refractivity contribution < 1.29 is 0 Å². The van der Waals surface area contributed by atoms with Crippen molar-refractivity contribution >= 4 is 10.8 Å². The molecular weight excluding hydrogens is 288 g/mol. The molecule has 0 saturated heterocycles. The van der Waals surface area contributed by atoms with Gasteiger partial charge in [0.05, 0.1) is 0 Å². The first-order valence-electron chi connectivity index (χ1n) is 8.39. The average Bonchev–Trinajstić information content (AvgIpc) is 2.62. The molecule has 116 valence electrons. The quantitative estimate of drug-likeness (QED) is 0.382. The van der Waals surface area contributed by atoms with Crippen LogP contribution in [0.1, 0.15) is 11.1 Å². The Morgan fingerprint density at radius 2 is 1.21 bits per heavy atom. The second-order valence-corrected chi connectivity index (χ2v) is 6.40. The Hall–Kier alpha value is -2.86. The maximum atomic E-state index is 2.33. The van der Waals surface area contributed by atoms with Gasteiger partial charge in [0.25, 0.3) is 0 Å². The SMILES string of the molecule is Cc1cccc(-c2c(C)cc(-c3ccccc3)c3ccccc23)c1. The molecule has 0 bridgehead atoms. The van der Waals surface area contributed by atoms with Crippen LogP contribution in [0.4, 0.5) is 0 Å². The van der Waals surface area contributed by atoms with Crippen molar-refractivity contribution in [2.45, 2.75) is 13.8 Å². The highest BCUT2D eigenvalue weighted by Gasteiger charge is 2.12. The molecule has 0 radical (unpaired) electrons. The van der Waals surface area contributed by atoms with Gasteiger partial charge in [0.2, 0.25) is 0 Å². The Morgan fingerprint density at radius 3 is 1.96 bits per heavy atom. The fourth-order valence-corrected chi connectivity index (χ4v) is 3.56. The van der Waals surface area contributed by atoms with E-state index in [1.54, 1.807) is 0 Å². The summed E-state index contributed by atoms with van der Waals surface area (Å²) in [7, 11) is 0. The Kier molecular flexibility index (Phi) is 3.66. The zero-order valence-electron chi connectivity index (χ0n) is 14.1. The second kappa shape index (κ2) is 5.98. The van der Waals surface area contributed by atoms with E-state index in [1.807, 2.05) is 0 Å². The van der Waals surface area contributed by atoms with Crippen molar-refractivity contribution in [2.24, 2.45) is 0 Å². The van der Waals surface area contributed by atoms with E-state index in [0.29, 0.717) is 0 Å². The summed E-state index contributed by atoms with van der Waals surface area (Å²) in [6.07, 6.45) is 0. The highest BCUT2D eigenvalue weighted by molar-refractivity contribution is 6.06. The summed E-state index contributed by atoms with van der Waals surface area (Å²) in [5.41, 5.74) is 7.83. The predicted octanol–water partition coefficient (Wildman–Crippen LogP) is 6.79. The van der Waals surface area contributed by atoms with Crippen molar-refractivity contribution in [2.75, 3.05) is 0 Å². The Balaban J connectivity index is 2.06. The summed E-state index contributed by atoms with van der Waals surface area (Å²) in [4.78, 5) is 0. The Bertz CT molecular complexity index is 1010. The fourth-order valence-electron chi connectivity index (χ4n) is 3.56. The molecule has 24 heavy (non-hydrogen) atoms. The van der Waals surface area contributed by atoms with Gasteiger partial charge in [-0.3, -0.25) is 0 Å². The molecular formula is C24H20. The number of benzene rings is 4. The van der Waals surface area contributed by atoms with Crippen LogP contribution < -0.4 is 0 Å². The van der Waals surface area contributed by atoms with Crippen LogP contribution >= 0.6 is 0 Å². The van der Waals surface area contributed by atoms with E-state index in [-0.39, 0.29) is 0 Å². The van der Waals surface area contributed by atoms with Gasteiger partial charge < -0.3 is 0 Å². The highest BCUT2D eigenvalue weighted by atomic mass is 14.2. The van der Waals surface area contributed by atoms with Gasteiger partial charge in [-0.05, 0) is 52.4 Å². The summed E-state index contributed by atoms with van der Waals surface area (Å²) < 4.78 is 0. The predicted molar refractivity (Wildman–Crippen MR) is 104 cm³/mol. The largest absolute Gasteiger partial charge is 0.0622 e. The van der Waals surface area contributed by atoms with Gasteiger partial charge in [-0.15, -0.1) is 0 Å². The van der Waals surface area contributed by atoms with Gasteiger partial charge >= 0.3 is 0 Å². The van der Waals surface area contributed by atoms with E-state index in [4.69, 9.17) is 0 Å². The molecule has 4 aromatic rings. The van der Waals surface area contributed by atoms with Gasteiger partial charge in [0.1, 0.15) is 0 Å². The van der Waals surface area contributed by atoms with Crippen molar-refractivity contribution in [1.82, 2.24) is 0 Å². The Morgan fingerprint density at radius 1 is 0.542 bits per heavy atom. The van der Waals surface area contributed by atoms with Crippen LogP contribution in [-0.4, -0.2) is 0 Å². The lowest BCUT2D eigenvalue weighted by Crippen LogP contribution is -1.90. The minimum atomic E-state index is 1.27. The highest BCUT2D eigenvalue weighted by Crippen LogP contribution is 2.38. The molecule has 0 aliphatic rings. The van der Waals surface area contributed by atoms with Crippen molar-refractivity contribution in [1.29, 1.82) is 0 Å². The van der Waals surface area contributed by atoms with Crippen LogP contribution in [0.5, 0.6) is 0 Å². The summed E-state index contributed by atoms with van der Waals surface area (Å²) in [6, 6.07) is 30.5. The molecule has 0 N–H and O–H groups in total. The first-order valence-corrected chi connectivity index (χ1v) is 8.39. The normalized spacial score (nSPS) is 10.9. The lowest BCUT2D eigenvalue weighted by atomic mass is 9.88. The minimum Gasteiger partial charge on any atom is -0.0622 e. The van der Waals surface area contributed by atoms with Crippen LogP contribution in [0, 0.1) is 13.8 Å². The van der Waals surface area contributed by atoms with Crippen LogP contribution in [-0.2, 0) is 0 Å². The van der Waals surface area contributed by atoms with Crippen molar-refractivity contribution in [3.05, 3.63) is 96.1 Å². The van der Waals surface area contributed by atoms with Gasteiger partial charge in [-0.1, -0.05) is 90.5 Å². The molecule has 0 saturated carbocycles. The smallest absolute Gasteiger partial charge is 0.00756 e. The fraction of sp³-hybridized carbons (Fsp3) is 0.0833. The average molecular weight is 308 g/mol. The van der Waals surface area contributed by atoms with Crippen molar-refractivity contribution in [3.8, 4) is 22.3 Å². The number of hydrogen-bond donors (Lipinski definition) is 0. The first-order chi connectivity index (χ1) is 11.7. The van der Waals surface area contributed by atoms with Gasteiger partial charge in [-0.2, -0.15) is 0 Å². The zero-order valence-corrected chi connectivity index (χ0v) is 14.1. The lowest BCUT2D eigenvalue weighted by Gasteiger charge is -2.16. The molecule has 0 aromatic heterocycles. The molecule has 0 fully saturated rings. The zero-order chi connectivity index (χ0) is 16.5. The number of aryl methyl sites for hydroxylation is 2. The van der Waals surface area contributed by atoms with E-state index in [2.05, 4.69) is 98.8 Å². The van der Waals surface area contributed by atoms with Gasteiger partial charge in [0, 0.05) is 0 Å². The van der Waals surface area contributed by atoms with E-state index in [0.717, 1.165) is 0 Å². The molecule has 0 aliphatic carbocycles. The second-order valence-electron chi connectivity index (χ2n) is 6.40. The van der Waals surface area contributed by atoms with E-state index < -0.39 is 0 Å². The third-order valence-corrected chi connectivity index (χ3v) is 4.63. The standard InChI is InChI=1S/C24H20/c1-17-9-8-12-20(15-17)24-18(2)16-23(19-10-4-3-5-11-19)21-13-6-7-14-22(21)24/h3-16H,1-2H3. The third-order valence-electron chi connectivity index (χ3n) is 4.63. The molecule has 0 aliphatic heterocycles. The van der Waals surface area contributed by atoms with E-state index in [9.17, 15) is 0 Å². The monoisotopic (exact) mass is 308 g/mol. The maximum Gasteiger partial charge on any atom is -0.00756 e. The van der Waals surface area contributed by atoms with Crippen LogP contribution in [0.2, 0.25) is 0 Å². The molecule has 4 rings (SSSR count). The van der Waals surface area contributed by atoms with Crippen LogP contribution in [0.15, 0.2) is 84.9 Å². The summed E-state index contributed by atoms with van der Waals surface area (Å²) >= 11 is 0. The lowest BCUT2D eigenvalue weighted by molar-refractivity contribution is 1.44. The number of rotatable bonds is 2. The number of hydrogen-bond acceptors (Lipinski definition) is 0. The molecule has 0 nitrogen and oxygen atoms in total. The maximum absolute atomic E-state index is 2.33. The van der Waals surface area contributed by atoms with Gasteiger partial charge in [-0.25, -0.2) is 0 Å². The topological polar surface area (TPSA) is 0 Å². The molecule has 0 unspecified atom stereocenters. The van der Waals surface area contributed by atoms with Crippen LogP contribution in [0.25, 0.3) is 33.0 Å². The number of fused-ring (bicyclic) bond motifs is 1. The van der Waals surface area contributed by atoms with Gasteiger partial charge in [0.15, 0.2) is 0 Å². The van der Waals surface area contributed by atoms with Crippen molar-refractivity contribution in [3.63, 3.8) is 0 Å². The third kappa shape index (κ3) is 2.51. The summed E-state index contributed by atoms with van der Waals surface area (Å²) in [6.45, 7) is 4.37.